The van der Waals surface area contributed by atoms with Crippen LogP contribution in [-0.2, 0) is 0 Å². The first kappa shape index (κ1) is 13.3. The van der Waals surface area contributed by atoms with E-state index in [9.17, 15) is 9.18 Å². The van der Waals surface area contributed by atoms with E-state index in [-0.39, 0.29) is 5.69 Å². The number of anilines is 1. The van der Waals surface area contributed by atoms with Gasteiger partial charge in [0.25, 0.3) is 5.91 Å². The van der Waals surface area contributed by atoms with E-state index in [1.54, 1.807) is 30.0 Å². The maximum absolute atomic E-state index is 13.1. The molecule has 3 rings (SSSR count). The van der Waals surface area contributed by atoms with Gasteiger partial charge < -0.3 is 5.32 Å². The number of aromatic nitrogens is 3. The molecule has 1 amide bonds. The molecule has 21 heavy (non-hydrogen) atoms. The summed E-state index contributed by atoms with van der Waals surface area (Å²) >= 11 is 1.30. The number of halogens is 1. The van der Waals surface area contributed by atoms with Crippen LogP contribution in [0.2, 0.25) is 0 Å². The van der Waals surface area contributed by atoms with Gasteiger partial charge in [-0.15, -0.1) is 11.3 Å². The maximum atomic E-state index is 13.1. The van der Waals surface area contributed by atoms with E-state index in [2.05, 4.69) is 20.3 Å². The standard InChI is InChI=1S/C14H9FN4OS/c15-9-2-1-3-10(6-9)18-13(20)12-8-21-14(19-12)11-7-16-4-5-17-11/h1-8H,(H,18,20). The fourth-order valence-corrected chi connectivity index (χ4v) is 2.43. The third-order valence-corrected chi connectivity index (χ3v) is 3.47. The van der Waals surface area contributed by atoms with E-state index in [1.165, 1.54) is 29.5 Å². The van der Waals surface area contributed by atoms with Gasteiger partial charge in [-0.2, -0.15) is 0 Å². The van der Waals surface area contributed by atoms with Crippen LogP contribution in [0, 0.1) is 5.82 Å². The molecule has 7 heteroatoms. The van der Waals surface area contributed by atoms with Crippen molar-refractivity contribution in [3.05, 3.63) is 59.7 Å². The summed E-state index contributed by atoms with van der Waals surface area (Å²) in [4.78, 5) is 24.3. The van der Waals surface area contributed by atoms with Crippen molar-refractivity contribution in [2.24, 2.45) is 0 Å². The Kier molecular flexibility index (Phi) is 3.65. The molecule has 0 fully saturated rings. The molecule has 0 spiro atoms. The number of hydrogen-bond acceptors (Lipinski definition) is 5. The maximum Gasteiger partial charge on any atom is 0.275 e. The van der Waals surface area contributed by atoms with Crippen molar-refractivity contribution in [1.29, 1.82) is 0 Å². The Labute approximate surface area is 123 Å². The lowest BCUT2D eigenvalue weighted by molar-refractivity contribution is 0.102. The molecule has 0 aliphatic rings. The van der Waals surface area contributed by atoms with Gasteiger partial charge >= 0.3 is 0 Å². The molecule has 104 valence electrons. The molecule has 0 bridgehead atoms. The monoisotopic (exact) mass is 300 g/mol. The van der Waals surface area contributed by atoms with Crippen LogP contribution in [0.25, 0.3) is 10.7 Å². The van der Waals surface area contributed by atoms with Crippen molar-refractivity contribution < 1.29 is 9.18 Å². The summed E-state index contributed by atoms with van der Waals surface area (Å²) in [7, 11) is 0. The zero-order valence-electron chi connectivity index (χ0n) is 10.7. The predicted octanol–water partition coefficient (Wildman–Crippen LogP) is 2.99. The highest BCUT2D eigenvalue weighted by atomic mass is 32.1. The lowest BCUT2D eigenvalue weighted by Gasteiger charge is -2.02. The summed E-state index contributed by atoms with van der Waals surface area (Å²) in [6.07, 6.45) is 4.70. The van der Waals surface area contributed by atoms with Crippen LogP contribution < -0.4 is 5.32 Å². The van der Waals surface area contributed by atoms with Gasteiger partial charge in [-0.3, -0.25) is 14.8 Å². The Bertz CT molecular complexity index is 775. The Morgan fingerprint density at radius 2 is 2.19 bits per heavy atom. The van der Waals surface area contributed by atoms with Gasteiger partial charge in [-0.05, 0) is 18.2 Å². The van der Waals surface area contributed by atoms with Crippen LogP contribution in [0.5, 0.6) is 0 Å². The Balaban J connectivity index is 1.78. The number of nitrogens with zero attached hydrogens (tertiary/aromatic N) is 3. The molecule has 1 N–H and O–H groups in total. The molecule has 0 aliphatic carbocycles. The van der Waals surface area contributed by atoms with Crippen molar-refractivity contribution in [2.45, 2.75) is 0 Å². The fourth-order valence-electron chi connectivity index (χ4n) is 1.67. The van der Waals surface area contributed by atoms with E-state index in [0.717, 1.165) is 0 Å². The van der Waals surface area contributed by atoms with Gasteiger partial charge in [0.15, 0.2) is 0 Å². The minimum atomic E-state index is -0.411. The molecule has 0 saturated carbocycles. The zero-order valence-corrected chi connectivity index (χ0v) is 11.5. The lowest BCUT2D eigenvalue weighted by Crippen LogP contribution is -2.12. The van der Waals surface area contributed by atoms with Crippen LogP contribution >= 0.6 is 11.3 Å². The van der Waals surface area contributed by atoms with Gasteiger partial charge in [0.05, 0.1) is 6.20 Å². The average Bonchev–Trinajstić information content (AvgIpc) is 2.98. The highest BCUT2D eigenvalue weighted by Crippen LogP contribution is 2.21. The molecular formula is C14H9FN4OS. The van der Waals surface area contributed by atoms with Crippen molar-refractivity contribution in [3.63, 3.8) is 0 Å². The molecular weight excluding hydrogens is 291 g/mol. The number of benzene rings is 1. The lowest BCUT2D eigenvalue weighted by atomic mass is 10.3. The molecule has 0 saturated heterocycles. The van der Waals surface area contributed by atoms with Crippen molar-refractivity contribution in [3.8, 4) is 10.7 Å². The number of rotatable bonds is 3. The zero-order chi connectivity index (χ0) is 14.7. The molecule has 0 atom stereocenters. The van der Waals surface area contributed by atoms with Gasteiger partial charge in [0.2, 0.25) is 0 Å². The number of thiazole rings is 1. The fraction of sp³-hybridized carbons (Fsp3) is 0. The number of carbonyl (C=O) groups is 1. The molecule has 2 heterocycles. The minimum absolute atomic E-state index is 0.255. The first-order chi connectivity index (χ1) is 10.2. The number of hydrogen-bond donors (Lipinski definition) is 1. The summed E-state index contributed by atoms with van der Waals surface area (Å²) in [6, 6.07) is 5.69. The number of carbonyl (C=O) groups excluding carboxylic acids is 1. The van der Waals surface area contributed by atoms with Crippen LogP contribution in [0.3, 0.4) is 0 Å². The largest absolute Gasteiger partial charge is 0.321 e. The van der Waals surface area contributed by atoms with Gasteiger partial charge in [-0.25, -0.2) is 9.37 Å². The normalized spacial score (nSPS) is 10.3. The summed E-state index contributed by atoms with van der Waals surface area (Å²) in [6.45, 7) is 0. The first-order valence-electron chi connectivity index (χ1n) is 6.01. The number of nitrogens with one attached hydrogen (secondary N) is 1. The van der Waals surface area contributed by atoms with Crippen LogP contribution in [0.4, 0.5) is 10.1 Å². The quantitative estimate of drug-likeness (QED) is 0.807. The van der Waals surface area contributed by atoms with Crippen molar-refractivity contribution in [2.75, 3.05) is 5.32 Å². The summed E-state index contributed by atoms with van der Waals surface area (Å²) in [5.41, 5.74) is 1.24. The SMILES string of the molecule is O=C(Nc1cccc(F)c1)c1csc(-c2cnccn2)n1. The molecule has 1 aromatic carbocycles. The molecule has 5 nitrogen and oxygen atoms in total. The highest BCUT2D eigenvalue weighted by molar-refractivity contribution is 7.13. The number of amides is 1. The van der Waals surface area contributed by atoms with Gasteiger partial charge in [-0.1, -0.05) is 6.07 Å². The molecule has 0 unspecified atom stereocenters. The topological polar surface area (TPSA) is 67.8 Å². The first-order valence-corrected chi connectivity index (χ1v) is 6.89. The van der Waals surface area contributed by atoms with E-state index < -0.39 is 11.7 Å². The third kappa shape index (κ3) is 3.09. The van der Waals surface area contributed by atoms with E-state index in [4.69, 9.17) is 0 Å². The second kappa shape index (κ2) is 5.76. The summed E-state index contributed by atoms with van der Waals surface area (Å²) in [5.74, 6) is -0.807. The Morgan fingerprint density at radius 1 is 1.29 bits per heavy atom. The van der Waals surface area contributed by atoms with Crippen molar-refractivity contribution >= 4 is 22.9 Å². The second-order valence-corrected chi connectivity index (χ2v) is 4.95. The Morgan fingerprint density at radius 3 is 2.95 bits per heavy atom. The smallest absolute Gasteiger partial charge is 0.275 e. The third-order valence-electron chi connectivity index (χ3n) is 2.60. The summed E-state index contributed by atoms with van der Waals surface area (Å²) < 4.78 is 13.1. The molecule has 3 aromatic rings. The average molecular weight is 300 g/mol. The Hall–Kier alpha value is -2.67. The van der Waals surface area contributed by atoms with E-state index in [1.807, 2.05) is 0 Å². The highest BCUT2D eigenvalue weighted by Gasteiger charge is 2.13. The van der Waals surface area contributed by atoms with Crippen LogP contribution in [0.15, 0.2) is 48.2 Å². The minimum Gasteiger partial charge on any atom is -0.321 e. The second-order valence-electron chi connectivity index (χ2n) is 4.09. The summed E-state index contributed by atoms with van der Waals surface area (Å²) in [5, 5.41) is 4.82. The molecule has 2 aromatic heterocycles. The van der Waals surface area contributed by atoms with Gasteiger partial charge in [0.1, 0.15) is 22.2 Å². The van der Waals surface area contributed by atoms with Gasteiger partial charge in [0, 0.05) is 23.5 Å². The predicted molar refractivity (Wildman–Crippen MR) is 77.5 cm³/mol. The van der Waals surface area contributed by atoms with E-state index in [0.29, 0.717) is 16.4 Å². The van der Waals surface area contributed by atoms with Crippen LogP contribution in [0.1, 0.15) is 10.5 Å². The van der Waals surface area contributed by atoms with Crippen LogP contribution in [-0.4, -0.2) is 20.9 Å². The van der Waals surface area contributed by atoms with Crippen molar-refractivity contribution in [1.82, 2.24) is 15.0 Å². The van der Waals surface area contributed by atoms with E-state index >= 15 is 0 Å². The molecule has 0 aliphatic heterocycles. The molecule has 0 radical (unpaired) electrons.